The van der Waals surface area contributed by atoms with Crippen LogP contribution in [0.5, 0.6) is 0 Å². The molecule has 0 aromatic heterocycles. The Balaban J connectivity index is 1.94. The molecule has 0 radical (unpaired) electrons. The van der Waals surface area contributed by atoms with Gasteiger partial charge in [0.05, 0.1) is 7.11 Å². The fraction of sp³-hybridized carbons (Fsp3) is 0.889. The number of carbonyl (C=O) groups excluding carboxylic acids is 1. The van der Waals surface area contributed by atoms with Crippen LogP contribution in [0.4, 0.5) is 0 Å². The summed E-state index contributed by atoms with van der Waals surface area (Å²) in [7, 11) is 1.46. The number of hydrogen-bond acceptors (Lipinski definition) is 3. The Kier molecular flexibility index (Phi) is 2.05. The van der Waals surface area contributed by atoms with Crippen molar-refractivity contribution in [3.8, 4) is 0 Å². The number of fused-ring (bicyclic) bond motifs is 1. The quantitative estimate of drug-likeness (QED) is 0.587. The zero-order chi connectivity index (χ0) is 8.55. The molecule has 0 unspecified atom stereocenters. The molecule has 2 fully saturated rings. The van der Waals surface area contributed by atoms with Crippen molar-refractivity contribution in [2.75, 3.05) is 7.11 Å². The average molecular weight is 169 g/mol. The minimum absolute atomic E-state index is 0.0229. The van der Waals surface area contributed by atoms with Gasteiger partial charge < -0.3 is 10.1 Å². The second-order valence-corrected chi connectivity index (χ2v) is 3.78. The lowest BCUT2D eigenvalue weighted by Crippen LogP contribution is -2.35. The molecule has 0 bridgehead atoms. The van der Waals surface area contributed by atoms with Gasteiger partial charge in [-0.1, -0.05) is 6.42 Å². The number of methoxy groups -OCH3 is 1. The lowest BCUT2D eigenvalue weighted by Gasteiger charge is -2.09. The largest absolute Gasteiger partial charge is 0.468 e. The van der Waals surface area contributed by atoms with Crippen LogP contribution in [0.25, 0.3) is 0 Å². The fourth-order valence-electron chi connectivity index (χ4n) is 2.47. The molecule has 3 atom stereocenters. The number of carbonyl (C=O) groups is 1. The van der Waals surface area contributed by atoms with Crippen molar-refractivity contribution in [2.24, 2.45) is 5.92 Å². The molecule has 0 amide bonds. The van der Waals surface area contributed by atoms with Crippen molar-refractivity contribution in [1.82, 2.24) is 5.32 Å². The van der Waals surface area contributed by atoms with E-state index in [1.807, 2.05) is 0 Å². The molecule has 1 saturated carbocycles. The SMILES string of the molecule is COC(=O)[C@@H]1C[C@H]2CCC[C@H]2N1. The first-order chi connectivity index (χ1) is 5.81. The van der Waals surface area contributed by atoms with Crippen LogP contribution in [-0.4, -0.2) is 25.2 Å². The number of hydrogen-bond donors (Lipinski definition) is 1. The molecular formula is C9H15NO2. The third-order valence-corrected chi connectivity index (χ3v) is 3.10. The van der Waals surface area contributed by atoms with Gasteiger partial charge >= 0.3 is 5.97 Å². The van der Waals surface area contributed by atoms with E-state index < -0.39 is 0 Å². The summed E-state index contributed by atoms with van der Waals surface area (Å²) in [5, 5.41) is 3.33. The predicted octanol–water partition coefficient (Wildman–Crippen LogP) is 0.690. The fourth-order valence-corrected chi connectivity index (χ4v) is 2.47. The molecule has 3 heteroatoms. The molecule has 1 heterocycles. The molecule has 0 spiro atoms. The van der Waals surface area contributed by atoms with Gasteiger partial charge in [-0.15, -0.1) is 0 Å². The summed E-state index contributed by atoms with van der Waals surface area (Å²) in [4.78, 5) is 11.2. The maximum atomic E-state index is 11.2. The van der Waals surface area contributed by atoms with Crippen molar-refractivity contribution in [3.63, 3.8) is 0 Å². The first kappa shape index (κ1) is 8.05. The lowest BCUT2D eigenvalue weighted by molar-refractivity contribution is -0.142. The smallest absolute Gasteiger partial charge is 0.322 e. The number of rotatable bonds is 1. The summed E-state index contributed by atoms with van der Waals surface area (Å²) in [6, 6.07) is 0.569. The van der Waals surface area contributed by atoms with E-state index in [9.17, 15) is 4.79 Å². The van der Waals surface area contributed by atoms with Gasteiger partial charge in [0.1, 0.15) is 6.04 Å². The molecule has 1 saturated heterocycles. The van der Waals surface area contributed by atoms with Crippen LogP contribution >= 0.6 is 0 Å². The van der Waals surface area contributed by atoms with E-state index in [-0.39, 0.29) is 12.0 Å². The van der Waals surface area contributed by atoms with Gasteiger partial charge in [0.25, 0.3) is 0 Å². The second-order valence-electron chi connectivity index (χ2n) is 3.78. The van der Waals surface area contributed by atoms with Crippen molar-refractivity contribution in [1.29, 1.82) is 0 Å². The van der Waals surface area contributed by atoms with Gasteiger partial charge in [-0.2, -0.15) is 0 Å². The maximum Gasteiger partial charge on any atom is 0.322 e. The zero-order valence-electron chi connectivity index (χ0n) is 7.38. The van der Waals surface area contributed by atoms with Crippen LogP contribution in [0.1, 0.15) is 25.7 Å². The Bertz CT molecular complexity index is 181. The number of nitrogens with one attached hydrogen (secondary N) is 1. The standard InChI is InChI=1S/C9H15NO2/c1-12-9(11)8-5-6-3-2-4-7(6)10-8/h6-8,10H,2-5H2,1H3/t6-,7-,8+/m1/s1. The molecule has 2 rings (SSSR count). The zero-order valence-corrected chi connectivity index (χ0v) is 7.38. The number of ether oxygens (including phenoxy) is 1. The summed E-state index contributed by atoms with van der Waals surface area (Å²) < 4.78 is 4.70. The first-order valence-corrected chi connectivity index (χ1v) is 4.65. The molecule has 2 aliphatic rings. The molecule has 1 aliphatic carbocycles. The van der Waals surface area contributed by atoms with Gasteiger partial charge in [0.15, 0.2) is 0 Å². The van der Waals surface area contributed by atoms with Crippen molar-refractivity contribution in [3.05, 3.63) is 0 Å². The van der Waals surface area contributed by atoms with E-state index in [1.165, 1.54) is 26.4 Å². The van der Waals surface area contributed by atoms with Crippen LogP contribution < -0.4 is 5.32 Å². The minimum Gasteiger partial charge on any atom is -0.468 e. The highest BCUT2D eigenvalue weighted by atomic mass is 16.5. The van der Waals surface area contributed by atoms with E-state index in [1.54, 1.807) is 0 Å². The van der Waals surface area contributed by atoms with Crippen LogP contribution in [0, 0.1) is 5.92 Å². The normalized spacial score (nSPS) is 39.6. The van der Waals surface area contributed by atoms with Crippen molar-refractivity contribution in [2.45, 2.75) is 37.8 Å². The van der Waals surface area contributed by atoms with Crippen LogP contribution in [-0.2, 0) is 9.53 Å². The van der Waals surface area contributed by atoms with Gasteiger partial charge in [-0.05, 0) is 25.2 Å². The Morgan fingerprint density at radius 2 is 2.33 bits per heavy atom. The van der Waals surface area contributed by atoms with Crippen molar-refractivity contribution < 1.29 is 9.53 Å². The Morgan fingerprint density at radius 1 is 1.50 bits per heavy atom. The molecule has 1 aliphatic heterocycles. The highest BCUT2D eigenvalue weighted by molar-refractivity contribution is 5.76. The van der Waals surface area contributed by atoms with Crippen LogP contribution in [0.2, 0.25) is 0 Å². The molecule has 0 aromatic carbocycles. The Hall–Kier alpha value is -0.570. The van der Waals surface area contributed by atoms with E-state index in [2.05, 4.69) is 5.32 Å². The predicted molar refractivity (Wildman–Crippen MR) is 44.7 cm³/mol. The van der Waals surface area contributed by atoms with E-state index >= 15 is 0 Å². The Labute approximate surface area is 72.5 Å². The maximum absolute atomic E-state index is 11.2. The van der Waals surface area contributed by atoms with Gasteiger partial charge in [0, 0.05) is 6.04 Å². The first-order valence-electron chi connectivity index (χ1n) is 4.65. The van der Waals surface area contributed by atoms with E-state index in [4.69, 9.17) is 4.74 Å². The van der Waals surface area contributed by atoms with Gasteiger partial charge in [0.2, 0.25) is 0 Å². The van der Waals surface area contributed by atoms with Gasteiger partial charge in [-0.25, -0.2) is 0 Å². The third-order valence-electron chi connectivity index (χ3n) is 3.10. The van der Waals surface area contributed by atoms with Gasteiger partial charge in [-0.3, -0.25) is 4.79 Å². The molecule has 3 nitrogen and oxygen atoms in total. The summed E-state index contributed by atoms with van der Waals surface area (Å²) >= 11 is 0. The molecule has 68 valence electrons. The number of esters is 1. The summed E-state index contributed by atoms with van der Waals surface area (Å²) in [5.41, 5.74) is 0. The third kappa shape index (κ3) is 1.22. The summed E-state index contributed by atoms with van der Waals surface area (Å²) in [6.45, 7) is 0. The average Bonchev–Trinajstić information content (AvgIpc) is 2.60. The Morgan fingerprint density at radius 3 is 3.00 bits per heavy atom. The minimum atomic E-state index is -0.0931. The van der Waals surface area contributed by atoms with Crippen molar-refractivity contribution >= 4 is 5.97 Å². The van der Waals surface area contributed by atoms with E-state index in [0.29, 0.717) is 6.04 Å². The molecule has 12 heavy (non-hydrogen) atoms. The van der Waals surface area contributed by atoms with E-state index in [0.717, 1.165) is 12.3 Å². The monoisotopic (exact) mass is 169 g/mol. The summed E-state index contributed by atoms with van der Waals surface area (Å²) in [6.07, 6.45) is 4.82. The topological polar surface area (TPSA) is 38.3 Å². The molecular weight excluding hydrogens is 154 g/mol. The highest BCUT2D eigenvalue weighted by Crippen LogP contribution is 2.34. The lowest BCUT2D eigenvalue weighted by atomic mass is 10.0. The van der Waals surface area contributed by atoms with Crippen LogP contribution in [0.15, 0.2) is 0 Å². The molecule has 0 aromatic rings. The highest BCUT2D eigenvalue weighted by Gasteiger charge is 2.39. The molecule has 1 N–H and O–H groups in total. The summed E-state index contributed by atoms with van der Waals surface area (Å²) in [5.74, 6) is 0.637. The van der Waals surface area contributed by atoms with Crippen LogP contribution in [0.3, 0.4) is 0 Å². The second kappa shape index (κ2) is 3.05.